The van der Waals surface area contributed by atoms with E-state index in [9.17, 15) is 4.79 Å². The number of carbonyl (C=O) groups excluding carboxylic acids is 1. The largest absolute Gasteiger partial charge is 0.340 e. The molecule has 0 aliphatic carbocycles. The van der Waals surface area contributed by atoms with Gasteiger partial charge in [-0.15, -0.1) is 12.4 Å². The van der Waals surface area contributed by atoms with Crippen molar-refractivity contribution in [2.75, 3.05) is 23.7 Å². The van der Waals surface area contributed by atoms with E-state index in [2.05, 4.69) is 26.0 Å². The van der Waals surface area contributed by atoms with E-state index in [0.717, 1.165) is 31.6 Å². The van der Waals surface area contributed by atoms with Crippen molar-refractivity contribution in [1.29, 1.82) is 0 Å². The third-order valence-corrected chi connectivity index (χ3v) is 4.55. The van der Waals surface area contributed by atoms with Crippen molar-refractivity contribution >= 4 is 35.5 Å². The Bertz CT molecular complexity index is 891. The van der Waals surface area contributed by atoms with Crippen LogP contribution < -0.4 is 16.0 Å². The normalized spacial score (nSPS) is 16.1. The highest BCUT2D eigenvalue weighted by Crippen LogP contribution is 2.18. The number of hydrogen-bond donors (Lipinski definition) is 3. The number of para-hydroxylation sites is 1. The number of hydrogen-bond acceptors (Lipinski definition) is 5. The average molecular weight is 399 g/mol. The SMILES string of the molecule is Cl.O=C(Nc1ccc(Nc2ccccc2)nc1)c1ccn(C2CCCNC2)n1. The summed E-state index contributed by atoms with van der Waals surface area (Å²) < 4.78 is 1.88. The van der Waals surface area contributed by atoms with Gasteiger partial charge in [0.25, 0.3) is 5.91 Å². The van der Waals surface area contributed by atoms with E-state index in [1.807, 2.05) is 53.3 Å². The molecule has 1 saturated heterocycles. The molecular formula is C20H23ClN6O. The Morgan fingerprint density at radius 2 is 1.96 bits per heavy atom. The Labute approximate surface area is 170 Å². The van der Waals surface area contributed by atoms with Crippen LogP contribution in [-0.2, 0) is 0 Å². The molecule has 146 valence electrons. The van der Waals surface area contributed by atoms with Gasteiger partial charge in [-0.2, -0.15) is 5.10 Å². The molecule has 8 heteroatoms. The van der Waals surface area contributed by atoms with Crippen LogP contribution >= 0.6 is 12.4 Å². The van der Waals surface area contributed by atoms with Gasteiger partial charge in [0.05, 0.1) is 17.9 Å². The molecule has 0 radical (unpaired) electrons. The zero-order valence-electron chi connectivity index (χ0n) is 15.3. The van der Waals surface area contributed by atoms with Gasteiger partial charge in [-0.3, -0.25) is 9.48 Å². The van der Waals surface area contributed by atoms with Gasteiger partial charge in [0.1, 0.15) is 5.82 Å². The van der Waals surface area contributed by atoms with E-state index in [-0.39, 0.29) is 18.3 Å². The molecular weight excluding hydrogens is 376 g/mol. The molecule has 0 spiro atoms. The number of benzene rings is 1. The molecule has 7 nitrogen and oxygen atoms in total. The number of pyridine rings is 1. The number of nitrogens with one attached hydrogen (secondary N) is 3. The average Bonchev–Trinajstić information content (AvgIpc) is 3.21. The van der Waals surface area contributed by atoms with Gasteiger partial charge in [0, 0.05) is 18.4 Å². The quantitative estimate of drug-likeness (QED) is 0.611. The Morgan fingerprint density at radius 1 is 1.11 bits per heavy atom. The second kappa shape index (κ2) is 9.34. The van der Waals surface area contributed by atoms with Crippen LogP contribution in [0, 0.1) is 0 Å². The van der Waals surface area contributed by atoms with Gasteiger partial charge in [-0.1, -0.05) is 18.2 Å². The maximum atomic E-state index is 12.4. The molecule has 1 aromatic carbocycles. The molecule has 1 atom stereocenters. The van der Waals surface area contributed by atoms with E-state index < -0.39 is 0 Å². The third kappa shape index (κ3) is 4.88. The molecule has 1 aliphatic rings. The van der Waals surface area contributed by atoms with Crippen molar-refractivity contribution < 1.29 is 4.79 Å². The minimum absolute atomic E-state index is 0. The summed E-state index contributed by atoms with van der Waals surface area (Å²) in [5.41, 5.74) is 2.00. The van der Waals surface area contributed by atoms with E-state index in [1.165, 1.54) is 0 Å². The molecule has 3 N–H and O–H groups in total. The van der Waals surface area contributed by atoms with Crippen LogP contribution in [-0.4, -0.2) is 33.8 Å². The topological polar surface area (TPSA) is 83.9 Å². The zero-order valence-corrected chi connectivity index (χ0v) is 16.2. The van der Waals surface area contributed by atoms with Crippen LogP contribution in [0.15, 0.2) is 60.9 Å². The highest BCUT2D eigenvalue weighted by atomic mass is 35.5. The molecule has 1 unspecified atom stereocenters. The first kappa shape index (κ1) is 19.9. The van der Waals surface area contributed by atoms with Crippen LogP contribution in [0.4, 0.5) is 17.2 Å². The smallest absolute Gasteiger partial charge is 0.276 e. The molecule has 1 fully saturated rings. The molecule has 4 rings (SSSR count). The third-order valence-electron chi connectivity index (χ3n) is 4.55. The molecule has 2 aromatic heterocycles. The first-order valence-electron chi connectivity index (χ1n) is 9.13. The lowest BCUT2D eigenvalue weighted by Crippen LogP contribution is -2.32. The first-order valence-corrected chi connectivity index (χ1v) is 9.13. The summed E-state index contributed by atoms with van der Waals surface area (Å²) in [5, 5.41) is 13.8. The summed E-state index contributed by atoms with van der Waals surface area (Å²) in [4.78, 5) is 16.8. The molecule has 28 heavy (non-hydrogen) atoms. The van der Waals surface area contributed by atoms with Crippen LogP contribution in [0.5, 0.6) is 0 Å². The number of anilines is 3. The first-order chi connectivity index (χ1) is 13.3. The fraction of sp³-hybridized carbons (Fsp3) is 0.250. The standard InChI is InChI=1S/C20H22N6O.ClH/c27-20(18-10-12-26(25-18)17-7-4-11-21-14-17)24-16-8-9-19(22-13-16)23-15-5-2-1-3-6-15;/h1-3,5-6,8-10,12-13,17,21H,4,7,11,14H2,(H,22,23)(H,24,27);1H. The highest BCUT2D eigenvalue weighted by molar-refractivity contribution is 6.02. The fourth-order valence-electron chi connectivity index (χ4n) is 3.13. The Morgan fingerprint density at radius 3 is 2.68 bits per heavy atom. The minimum atomic E-state index is -0.233. The molecule has 3 heterocycles. The molecule has 1 aliphatic heterocycles. The lowest BCUT2D eigenvalue weighted by molar-refractivity contribution is 0.102. The van der Waals surface area contributed by atoms with Crippen molar-refractivity contribution in [3.05, 3.63) is 66.6 Å². The Balaban J connectivity index is 0.00000225. The van der Waals surface area contributed by atoms with Crippen molar-refractivity contribution in [2.24, 2.45) is 0 Å². The number of rotatable bonds is 5. The van der Waals surface area contributed by atoms with Crippen molar-refractivity contribution in [3.8, 4) is 0 Å². The van der Waals surface area contributed by atoms with E-state index >= 15 is 0 Å². The number of amides is 1. The number of aromatic nitrogens is 3. The minimum Gasteiger partial charge on any atom is -0.340 e. The molecule has 0 bridgehead atoms. The van der Waals surface area contributed by atoms with Gasteiger partial charge in [0.15, 0.2) is 5.69 Å². The Kier molecular flexibility index (Phi) is 6.62. The number of carbonyl (C=O) groups is 1. The lowest BCUT2D eigenvalue weighted by atomic mass is 10.1. The summed E-state index contributed by atoms with van der Waals surface area (Å²) in [7, 11) is 0. The highest BCUT2D eigenvalue weighted by Gasteiger charge is 2.17. The summed E-state index contributed by atoms with van der Waals surface area (Å²) >= 11 is 0. The summed E-state index contributed by atoms with van der Waals surface area (Å²) in [6, 6.07) is 15.5. The van der Waals surface area contributed by atoms with Crippen LogP contribution in [0.2, 0.25) is 0 Å². The van der Waals surface area contributed by atoms with Gasteiger partial charge >= 0.3 is 0 Å². The fourth-order valence-corrected chi connectivity index (χ4v) is 3.13. The molecule has 3 aromatic rings. The maximum Gasteiger partial charge on any atom is 0.276 e. The van der Waals surface area contributed by atoms with Crippen LogP contribution in [0.25, 0.3) is 0 Å². The predicted molar refractivity (Wildman–Crippen MR) is 113 cm³/mol. The Hall–Kier alpha value is -2.90. The van der Waals surface area contributed by atoms with Gasteiger partial charge in [-0.05, 0) is 49.7 Å². The zero-order chi connectivity index (χ0) is 18.5. The molecule has 1 amide bonds. The second-order valence-electron chi connectivity index (χ2n) is 6.56. The van der Waals surface area contributed by atoms with Crippen molar-refractivity contribution in [1.82, 2.24) is 20.1 Å². The van der Waals surface area contributed by atoms with Gasteiger partial charge < -0.3 is 16.0 Å². The second-order valence-corrected chi connectivity index (χ2v) is 6.56. The summed E-state index contributed by atoms with van der Waals surface area (Å²) in [5.74, 6) is 0.483. The van der Waals surface area contributed by atoms with Crippen LogP contribution in [0.3, 0.4) is 0 Å². The van der Waals surface area contributed by atoms with E-state index in [4.69, 9.17) is 0 Å². The maximum absolute atomic E-state index is 12.4. The number of nitrogens with zero attached hydrogens (tertiary/aromatic N) is 3. The summed E-state index contributed by atoms with van der Waals surface area (Å²) in [6.45, 7) is 1.94. The monoisotopic (exact) mass is 398 g/mol. The van der Waals surface area contributed by atoms with Crippen LogP contribution in [0.1, 0.15) is 29.4 Å². The van der Waals surface area contributed by atoms with Gasteiger partial charge in [0.2, 0.25) is 0 Å². The van der Waals surface area contributed by atoms with Crippen molar-refractivity contribution in [2.45, 2.75) is 18.9 Å². The predicted octanol–water partition coefficient (Wildman–Crippen LogP) is 3.62. The van der Waals surface area contributed by atoms with Gasteiger partial charge in [-0.25, -0.2) is 4.98 Å². The lowest BCUT2D eigenvalue weighted by Gasteiger charge is -2.22. The number of piperidine rings is 1. The van der Waals surface area contributed by atoms with E-state index in [0.29, 0.717) is 23.2 Å². The molecule has 0 saturated carbocycles. The van der Waals surface area contributed by atoms with E-state index in [1.54, 1.807) is 12.3 Å². The summed E-state index contributed by atoms with van der Waals surface area (Å²) in [6.07, 6.45) is 5.71. The van der Waals surface area contributed by atoms with Crippen molar-refractivity contribution in [3.63, 3.8) is 0 Å². The number of halogens is 1.